The molecule has 1 aliphatic rings. The quantitative estimate of drug-likeness (QED) is 0.614. The molecule has 1 unspecified atom stereocenters. The lowest BCUT2D eigenvalue weighted by Gasteiger charge is -2.15. The van der Waals surface area contributed by atoms with E-state index >= 15 is 0 Å². The maximum Gasteiger partial charge on any atom is 0.131 e. The standard InChI is InChI=1S/C14H17NO/c1-3-7-14(16)13-10-15(13)11(2)12-8-5-4-6-9-12/h4-6,8-9,11,13-14,16H,10H2,1-2H3/t11-,13+,14-,15?/m1/s1. The van der Waals surface area contributed by atoms with Gasteiger partial charge < -0.3 is 5.11 Å². The van der Waals surface area contributed by atoms with Gasteiger partial charge in [-0.05, 0) is 19.4 Å². The molecule has 4 atom stereocenters. The Balaban J connectivity index is 1.99. The Bertz CT molecular complexity index is 404. The fourth-order valence-corrected chi connectivity index (χ4v) is 2.06. The fourth-order valence-electron chi connectivity index (χ4n) is 2.06. The van der Waals surface area contributed by atoms with Crippen LogP contribution >= 0.6 is 0 Å². The van der Waals surface area contributed by atoms with Crippen molar-refractivity contribution in [3.05, 3.63) is 35.9 Å². The second-order valence-electron chi connectivity index (χ2n) is 4.19. The van der Waals surface area contributed by atoms with Crippen LogP contribution in [0.4, 0.5) is 0 Å². The molecular weight excluding hydrogens is 198 g/mol. The van der Waals surface area contributed by atoms with Crippen LogP contribution in [0.3, 0.4) is 0 Å². The second-order valence-corrected chi connectivity index (χ2v) is 4.19. The van der Waals surface area contributed by atoms with Crippen LogP contribution in [0.1, 0.15) is 25.5 Å². The van der Waals surface area contributed by atoms with Crippen LogP contribution in [0.5, 0.6) is 0 Å². The SMILES string of the molecule is CC#C[C@@H](O)[C@@H]1CN1[C@H](C)c1ccccc1. The molecule has 1 heterocycles. The van der Waals surface area contributed by atoms with Gasteiger partial charge in [0.1, 0.15) is 6.10 Å². The van der Waals surface area contributed by atoms with Gasteiger partial charge in [-0.25, -0.2) is 0 Å². The average molecular weight is 215 g/mol. The van der Waals surface area contributed by atoms with Gasteiger partial charge in [0.15, 0.2) is 0 Å². The first-order valence-corrected chi connectivity index (χ1v) is 5.65. The van der Waals surface area contributed by atoms with Gasteiger partial charge in [0.25, 0.3) is 0 Å². The number of aliphatic hydroxyl groups excluding tert-OH is 1. The number of nitrogens with zero attached hydrogens (tertiary/aromatic N) is 1. The van der Waals surface area contributed by atoms with Gasteiger partial charge in [0, 0.05) is 12.6 Å². The molecular formula is C14H17NO. The summed E-state index contributed by atoms with van der Waals surface area (Å²) in [6.07, 6.45) is -0.504. The summed E-state index contributed by atoms with van der Waals surface area (Å²) in [5.41, 5.74) is 1.29. The molecule has 1 N–H and O–H groups in total. The fraction of sp³-hybridized carbons (Fsp3) is 0.429. The van der Waals surface area contributed by atoms with E-state index in [-0.39, 0.29) is 6.04 Å². The highest BCUT2D eigenvalue weighted by molar-refractivity contribution is 5.22. The van der Waals surface area contributed by atoms with E-state index < -0.39 is 6.10 Å². The molecule has 16 heavy (non-hydrogen) atoms. The van der Waals surface area contributed by atoms with Crippen LogP contribution in [0.2, 0.25) is 0 Å². The van der Waals surface area contributed by atoms with Crippen LogP contribution < -0.4 is 0 Å². The van der Waals surface area contributed by atoms with Crippen molar-refractivity contribution in [3.8, 4) is 11.8 Å². The van der Waals surface area contributed by atoms with Gasteiger partial charge in [0.05, 0.1) is 6.04 Å². The molecule has 0 saturated carbocycles. The largest absolute Gasteiger partial charge is 0.379 e. The molecule has 0 spiro atoms. The van der Waals surface area contributed by atoms with Crippen LogP contribution in [-0.2, 0) is 0 Å². The van der Waals surface area contributed by atoms with Crippen LogP contribution in [0.15, 0.2) is 30.3 Å². The Kier molecular flexibility index (Phi) is 3.28. The first kappa shape index (κ1) is 11.2. The smallest absolute Gasteiger partial charge is 0.131 e. The molecule has 0 radical (unpaired) electrons. The first-order valence-electron chi connectivity index (χ1n) is 5.65. The Morgan fingerprint density at radius 1 is 1.38 bits per heavy atom. The third-order valence-corrected chi connectivity index (χ3v) is 3.13. The summed E-state index contributed by atoms with van der Waals surface area (Å²) in [4.78, 5) is 2.27. The van der Waals surface area contributed by atoms with Crippen molar-refractivity contribution in [2.24, 2.45) is 0 Å². The van der Waals surface area contributed by atoms with Gasteiger partial charge in [0.2, 0.25) is 0 Å². The predicted molar refractivity (Wildman–Crippen MR) is 64.8 cm³/mol. The highest BCUT2D eigenvalue weighted by atomic mass is 16.3. The van der Waals surface area contributed by atoms with Gasteiger partial charge in [-0.2, -0.15) is 0 Å². The Labute approximate surface area is 96.9 Å². The lowest BCUT2D eigenvalue weighted by atomic mass is 10.1. The average Bonchev–Trinajstić information content (AvgIpc) is 3.09. The molecule has 0 aromatic heterocycles. The van der Waals surface area contributed by atoms with Crippen molar-refractivity contribution in [1.29, 1.82) is 0 Å². The maximum absolute atomic E-state index is 9.74. The van der Waals surface area contributed by atoms with Crippen molar-refractivity contribution in [2.75, 3.05) is 6.54 Å². The Hall–Kier alpha value is -1.30. The van der Waals surface area contributed by atoms with Crippen LogP contribution in [-0.4, -0.2) is 28.7 Å². The Morgan fingerprint density at radius 3 is 2.69 bits per heavy atom. The molecule has 1 fully saturated rings. The summed E-state index contributed by atoms with van der Waals surface area (Å²) in [6, 6.07) is 10.9. The number of rotatable bonds is 3. The topological polar surface area (TPSA) is 23.2 Å². The van der Waals surface area contributed by atoms with E-state index in [1.165, 1.54) is 5.56 Å². The molecule has 1 aliphatic heterocycles. The lowest BCUT2D eigenvalue weighted by molar-refractivity contribution is 0.201. The van der Waals surface area contributed by atoms with E-state index in [2.05, 4.69) is 35.8 Å². The third kappa shape index (κ3) is 2.27. The zero-order valence-electron chi connectivity index (χ0n) is 9.72. The maximum atomic E-state index is 9.74. The van der Waals surface area contributed by atoms with E-state index in [9.17, 15) is 5.11 Å². The number of hydrogen-bond acceptors (Lipinski definition) is 2. The summed E-state index contributed by atoms with van der Waals surface area (Å²) in [7, 11) is 0. The zero-order valence-corrected chi connectivity index (χ0v) is 9.72. The van der Waals surface area contributed by atoms with Gasteiger partial charge in [-0.15, -0.1) is 5.92 Å². The minimum absolute atomic E-state index is 0.211. The highest BCUT2D eigenvalue weighted by Gasteiger charge is 2.42. The normalized spacial score (nSPS) is 26.4. The number of aliphatic hydroxyl groups is 1. The Morgan fingerprint density at radius 2 is 2.06 bits per heavy atom. The molecule has 0 bridgehead atoms. The van der Waals surface area contributed by atoms with Crippen molar-refractivity contribution in [3.63, 3.8) is 0 Å². The lowest BCUT2D eigenvalue weighted by Crippen LogP contribution is -2.18. The molecule has 0 aliphatic carbocycles. The van der Waals surface area contributed by atoms with Crippen molar-refractivity contribution in [2.45, 2.75) is 32.0 Å². The van der Waals surface area contributed by atoms with Gasteiger partial charge >= 0.3 is 0 Å². The molecule has 2 rings (SSSR count). The summed E-state index contributed by atoms with van der Waals surface area (Å²) in [5.74, 6) is 5.57. The highest BCUT2D eigenvalue weighted by Crippen LogP contribution is 2.33. The molecule has 2 nitrogen and oxygen atoms in total. The minimum Gasteiger partial charge on any atom is -0.379 e. The van der Waals surface area contributed by atoms with Crippen molar-refractivity contribution in [1.82, 2.24) is 4.90 Å². The minimum atomic E-state index is -0.504. The van der Waals surface area contributed by atoms with Crippen molar-refractivity contribution >= 4 is 0 Å². The first-order chi connectivity index (χ1) is 7.74. The molecule has 1 aromatic carbocycles. The third-order valence-electron chi connectivity index (χ3n) is 3.13. The number of hydrogen-bond donors (Lipinski definition) is 1. The summed E-state index contributed by atoms with van der Waals surface area (Å²) < 4.78 is 0. The summed E-state index contributed by atoms with van der Waals surface area (Å²) >= 11 is 0. The second kappa shape index (κ2) is 4.69. The van der Waals surface area contributed by atoms with E-state index in [1.807, 2.05) is 18.2 Å². The molecule has 84 valence electrons. The van der Waals surface area contributed by atoms with E-state index in [4.69, 9.17) is 0 Å². The summed E-state index contributed by atoms with van der Waals surface area (Å²) in [6.45, 7) is 4.86. The van der Waals surface area contributed by atoms with Crippen LogP contribution in [0, 0.1) is 11.8 Å². The van der Waals surface area contributed by atoms with Crippen molar-refractivity contribution < 1.29 is 5.11 Å². The summed E-state index contributed by atoms with van der Waals surface area (Å²) in [5, 5.41) is 9.74. The monoisotopic (exact) mass is 215 g/mol. The number of benzene rings is 1. The molecule has 0 amide bonds. The van der Waals surface area contributed by atoms with Crippen LogP contribution in [0.25, 0.3) is 0 Å². The van der Waals surface area contributed by atoms with E-state index in [0.29, 0.717) is 6.04 Å². The molecule has 2 heteroatoms. The van der Waals surface area contributed by atoms with Gasteiger partial charge in [-0.1, -0.05) is 36.3 Å². The molecule has 1 aromatic rings. The van der Waals surface area contributed by atoms with E-state index in [0.717, 1.165) is 6.54 Å². The van der Waals surface area contributed by atoms with E-state index in [1.54, 1.807) is 6.92 Å². The molecule has 1 saturated heterocycles. The van der Waals surface area contributed by atoms with Gasteiger partial charge in [-0.3, -0.25) is 4.90 Å². The zero-order chi connectivity index (χ0) is 11.5. The predicted octanol–water partition coefficient (Wildman–Crippen LogP) is 1.82.